The Hall–Kier alpha value is -4.83. The Balaban J connectivity index is 1.49. The van der Waals surface area contributed by atoms with Gasteiger partial charge in [0.1, 0.15) is 0 Å². The first-order valence-corrected chi connectivity index (χ1v) is 19.8. The number of hydrogen-bond donors (Lipinski definition) is 0. The maximum atomic E-state index is 5.95. The van der Waals surface area contributed by atoms with Crippen LogP contribution >= 0.6 is 7.26 Å². The molecule has 50 heavy (non-hydrogen) atoms. The van der Waals surface area contributed by atoms with Gasteiger partial charge in [0.05, 0.1) is 0 Å². The van der Waals surface area contributed by atoms with Crippen molar-refractivity contribution in [3.05, 3.63) is 208 Å². The summed E-state index contributed by atoms with van der Waals surface area (Å²) >= 11 is 1.81. The molecule has 1 heterocycles. The van der Waals surface area contributed by atoms with E-state index in [1.165, 1.54) is 37.9 Å². The molecule has 5 aromatic carbocycles. The number of allylic oxidation sites excluding steroid dienone is 6. The Kier molecular flexibility index (Phi) is 12.0. The predicted molar refractivity (Wildman–Crippen MR) is 211 cm³/mol. The first-order chi connectivity index (χ1) is 24.6. The van der Waals surface area contributed by atoms with Crippen LogP contribution in [0, 0.1) is 16.2 Å². The maximum absolute atomic E-state index is 5.95. The molecule has 3 heteroatoms. The molecule has 0 unspecified atom stereocenters. The van der Waals surface area contributed by atoms with Crippen molar-refractivity contribution in [2.24, 2.45) is 0 Å². The molecule has 1 fully saturated rings. The van der Waals surface area contributed by atoms with Crippen LogP contribution in [0.4, 0.5) is 0 Å². The van der Waals surface area contributed by atoms with Crippen LogP contribution < -0.4 is 15.9 Å². The fourth-order valence-electron chi connectivity index (χ4n) is 6.21. The topological polar surface area (TPSA) is 9.23 Å². The number of rotatable bonds is 8. The Morgan fingerprint density at radius 1 is 0.600 bits per heavy atom. The zero-order chi connectivity index (χ0) is 34.6. The van der Waals surface area contributed by atoms with Gasteiger partial charge in [0.15, 0.2) is 0 Å². The zero-order valence-corrected chi connectivity index (χ0v) is 31.8. The van der Waals surface area contributed by atoms with Gasteiger partial charge in [-0.05, 0) is 24.6 Å². The van der Waals surface area contributed by atoms with Crippen molar-refractivity contribution in [1.82, 2.24) is 0 Å². The van der Waals surface area contributed by atoms with Gasteiger partial charge < -0.3 is 0 Å². The van der Waals surface area contributed by atoms with Crippen molar-refractivity contribution in [1.29, 1.82) is 0 Å². The summed E-state index contributed by atoms with van der Waals surface area (Å²) < 4.78 is 9.77. The fourth-order valence-corrected chi connectivity index (χ4v) is 12.0. The fraction of sp³-hybridized carbons (Fsp3) is 0.0851. The van der Waals surface area contributed by atoms with Crippen LogP contribution in [0.2, 0.25) is 0 Å². The van der Waals surface area contributed by atoms with Crippen molar-refractivity contribution >= 4 is 35.3 Å². The molecule has 0 aliphatic carbocycles. The molecule has 6 rings (SSSR count). The van der Waals surface area contributed by atoms with E-state index in [0.29, 0.717) is 13.2 Å². The quantitative estimate of drug-likeness (QED) is 0.0860. The van der Waals surface area contributed by atoms with Crippen molar-refractivity contribution in [3.63, 3.8) is 0 Å². The number of hydrogen-bond acceptors (Lipinski definition) is 1. The molecular weight excluding hydrogens is 802 g/mol. The van der Waals surface area contributed by atoms with Gasteiger partial charge in [-0.25, -0.2) is 0 Å². The molecule has 1 aliphatic heterocycles. The summed E-state index contributed by atoms with van der Waals surface area (Å²) in [4.78, 5) is 0. The van der Waals surface area contributed by atoms with Crippen molar-refractivity contribution in [2.45, 2.75) is 13.8 Å². The van der Waals surface area contributed by atoms with E-state index in [9.17, 15) is 0 Å². The standard InChI is InChI=1S/C47H39OP.Os/c1-4-15-38-22-24-39(25-23-38)26-27-40-28-30-41(31-29-40)32-33-43(34-44-36-48-35-42(44)5-2)37(3)49(45-16-9-6-10-17-45,46-18-11-7-12-19-46)47-20-13-8-14-21-47;/h4-25,28-34H,35-36H2,1-2H3;/q+1;/b15-4+,33-32+,42-5?,43-37?,44-34?;. The molecule has 1 nitrogen and oxygen atoms in total. The van der Waals surface area contributed by atoms with Crippen LogP contribution in [0.15, 0.2) is 186 Å². The molecule has 0 atom stereocenters. The van der Waals surface area contributed by atoms with Gasteiger partial charge in [-0.3, -0.25) is 0 Å². The van der Waals surface area contributed by atoms with E-state index in [0.717, 1.165) is 22.3 Å². The number of benzene rings is 5. The normalized spacial score (nSPS) is 15.2. The van der Waals surface area contributed by atoms with Crippen LogP contribution in [0.3, 0.4) is 0 Å². The van der Waals surface area contributed by atoms with E-state index < -0.39 is 7.26 Å². The monoisotopic (exact) mass is 842 g/mol. The second-order valence-electron chi connectivity index (χ2n) is 11.9. The van der Waals surface area contributed by atoms with E-state index in [1.807, 2.05) is 13.0 Å². The molecule has 245 valence electrons. The first kappa shape index (κ1) is 35.0. The van der Waals surface area contributed by atoms with Crippen LogP contribution in [0.1, 0.15) is 36.1 Å². The van der Waals surface area contributed by atoms with E-state index in [1.54, 1.807) is 17.9 Å². The predicted octanol–water partition coefficient (Wildman–Crippen LogP) is 9.79. The molecule has 1 aliphatic rings. The first-order valence-electron chi connectivity index (χ1n) is 16.8. The molecule has 0 spiro atoms. The molecule has 0 saturated carbocycles. The van der Waals surface area contributed by atoms with Crippen molar-refractivity contribution in [2.75, 3.05) is 13.2 Å². The van der Waals surface area contributed by atoms with Crippen LogP contribution in [-0.4, -0.2) is 13.2 Å². The third kappa shape index (κ3) is 7.96. The summed E-state index contributed by atoms with van der Waals surface area (Å²) in [5.41, 5.74) is 7.85. The summed E-state index contributed by atoms with van der Waals surface area (Å²) in [6.45, 7) is 5.35. The molecule has 0 N–H and O–H groups in total. The van der Waals surface area contributed by atoms with E-state index in [-0.39, 0.29) is 0 Å². The summed E-state index contributed by atoms with van der Waals surface area (Å²) in [5, 5.41) is 5.09. The summed E-state index contributed by atoms with van der Waals surface area (Å²) in [6, 6.07) is 49.8. The van der Waals surface area contributed by atoms with Crippen LogP contribution in [0.5, 0.6) is 0 Å². The average molecular weight is 841 g/mol. The molecular formula is C47H39OOsP+. The average Bonchev–Trinajstić information content (AvgIpc) is 3.64. The minimum atomic E-state index is -2.38. The third-order valence-electron chi connectivity index (χ3n) is 8.72. The minimum absolute atomic E-state index is 0.592. The van der Waals surface area contributed by atoms with Gasteiger partial charge in [0, 0.05) is 0 Å². The van der Waals surface area contributed by atoms with E-state index in [2.05, 4.69) is 193 Å². The molecule has 1 saturated heterocycles. The van der Waals surface area contributed by atoms with Crippen molar-refractivity contribution in [3.8, 4) is 16.2 Å². The summed E-state index contributed by atoms with van der Waals surface area (Å²) in [5.74, 6) is 6.64. The molecule has 0 radical (unpaired) electrons. The van der Waals surface area contributed by atoms with E-state index >= 15 is 0 Å². The van der Waals surface area contributed by atoms with Crippen molar-refractivity contribution < 1.29 is 22.7 Å². The van der Waals surface area contributed by atoms with Gasteiger partial charge in [-0.15, -0.1) is 0 Å². The number of ether oxygens (including phenoxy) is 1. The second-order valence-corrected chi connectivity index (χ2v) is 15.8. The van der Waals surface area contributed by atoms with Gasteiger partial charge in [0.25, 0.3) is 0 Å². The van der Waals surface area contributed by atoms with Gasteiger partial charge in [-0.2, -0.15) is 0 Å². The van der Waals surface area contributed by atoms with Crippen LogP contribution in [0.25, 0.3) is 12.2 Å². The molecule has 5 aromatic rings. The molecule has 0 amide bonds. The zero-order valence-electron chi connectivity index (χ0n) is 28.4. The third-order valence-corrected chi connectivity index (χ3v) is 14.1. The summed E-state index contributed by atoms with van der Waals surface area (Å²) in [7, 11) is -2.38. The van der Waals surface area contributed by atoms with E-state index in [4.69, 9.17) is 4.74 Å². The van der Waals surface area contributed by atoms with Gasteiger partial charge >= 0.3 is 261 Å². The SMILES string of the molecule is CC=C1COCC1=CC(/C=C/c1ccc(C#Cc2ccc(/C=C/C)cc2)cc1)=C([C]#[Os])[P+](c1ccccc1)(c1ccccc1)c1ccccc1. The Morgan fingerprint density at radius 2 is 1.06 bits per heavy atom. The Bertz CT molecular complexity index is 2070. The molecule has 0 aromatic heterocycles. The second kappa shape index (κ2) is 17.2. The Morgan fingerprint density at radius 3 is 1.50 bits per heavy atom. The van der Waals surface area contributed by atoms with Gasteiger partial charge in [-0.1, -0.05) is 24.3 Å². The summed E-state index contributed by atoms with van der Waals surface area (Å²) in [6.07, 6.45) is 13.1. The van der Waals surface area contributed by atoms with Crippen LogP contribution in [-0.2, 0) is 22.7 Å². The Labute approximate surface area is 307 Å². The van der Waals surface area contributed by atoms with Gasteiger partial charge in [0.2, 0.25) is 0 Å². The molecule has 0 bridgehead atoms.